The summed E-state index contributed by atoms with van der Waals surface area (Å²) in [5.74, 6) is -2.25. The van der Waals surface area contributed by atoms with Crippen LogP contribution in [0.5, 0.6) is 0 Å². The van der Waals surface area contributed by atoms with E-state index in [0.29, 0.717) is 0 Å². The van der Waals surface area contributed by atoms with Crippen LogP contribution in [0.4, 0.5) is 0 Å². The smallest absolute Gasteiger partial charge is 0.316 e. The van der Waals surface area contributed by atoms with Crippen molar-refractivity contribution in [2.45, 2.75) is 27.2 Å². The quantitative estimate of drug-likeness (QED) is 0.490. The standard InChI is InChI=1S/C10H16O4/c1-6(2)9(12)8(5-7(3)11)10(13)14-4/h6,8H,5H2,1-4H3. The van der Waals surface area contributed by atoms with Crippen LogP contribution in [-0.4, -0.2) is 24.6 Å². The average Bonchev–Trinajstić information content (AvgIpc) is 2.11. The highest BCUT2D eigenvalue weighted by atomic mass is 16.5. The van der Waals surface area contributed by atoms with Crippen LogP contribution in [0.3, 0.4) is 0 Å². The number of ketones is 2. The molecule has 0 fully saturated rings. The zero-order valence-corrected chi connectivity index (χ0v) is 8.99. The number of ether oxygens (including phenoxy) is 1. The van der Waals surface area contributed by atoms with Crippen LogP contribution >= 0.6 is 0 Å². The molecule has 0 aliphatic heterocycles. The number of hydrogen-bond acceptors (Lipinski definition) is 4. The van der Waals surface area contributed by atoms with E-state index >= 15 is 0 Å². The Kier molecular flexibility index (Phi) is 5.05. The Morgan fingerprint density at radius 3 is 2.00 bits per heavy atom. The second-order valence-corrected chi connectivity index (χ2v) is 3.54. The van der Waals surface area contributed by atoms with Crippen molar-refractivity contribution in [1.29, 1.82) is 0 Å². The zero-order valence-electron chi connectivity index (χ0n) is 8.99. The van der Waals surface area contributed by atoms with E-state index in [2.05, 4.69) is 4.74 Å². The number of carbonyl (C=O) groups is 3. The number of Topliss-reactive ketones (excluding diaryl/α,β-unsaturated/α-hetero) is 2. The van der Waals surface area contributed by atoms with Crippen molar-refractivity contribution in [3.8, 4) is 0 Å². The predicted octanol–water partition coefficient (Wildman–Crippen LogP) is 0.980. The topological polar surface area (TPSA) is 60.4 Å². The third-order valence-electron chi connectivity index (χ3n) is 1.89. The Labute approximate surface area is 83.6 Å². The van der Waals surface area contributed by atoms with Gasteiger partial charge in [-0.1, -0.05) is 13.8 Å². The normalized spacial score (nSPS) is 12.4. The Hall–Kier alpha value is -1.19. The Morgan fingerprint density at radius 2 is 1.71 bits per heavy atom. The van der Waals surface area contributed by atoms with Gasteiger partial charge in [0.25, 0.3) is 0 Å². The van der Waals surface area contributed by atoms with Crippen molar-refractivity contribution in [1.82, 2.24) is 0 Å². The second-order valence-electron chi connectivity index (χ2n) is 3.54. The van der Waals surface area contributed by atoms with Crippen LogP contribution in [0.1, 0.15) is 27.2 Å². The fourth-order valence-electron chi connectivity index (χ4n) is 1.13. The van der Waals surface area contributed by atoms with E-state index in [1.807, 2.05) is 0 Å². The van der Waals surface area contributed by atoms with Crippen molar-refractivity contribution in [2.24, 2.45) is 11.8 Å². The van der Waals surface area contributed by atoms with Gasteiger partial charge in [0.15, 0.2) is 0 Å². The number of rotatable bonds is 5. The molecule has 0 N–H and O–H groups in total. The van der Waals surface area contributed by atoms with Gasteiger partial charge in [0, 0.05) is 12.3 Å². The molecule has 0 rings (SSSR count). The molecular weight excluding hydrogens is 184 g/mol. The first-order valence-electron chi connectivity index (χ1n) is 4.51. The van der Waals surface area contributed by atoms with Gasteiger partial charge in [-0.05, 0) is 6.92 Å². The molecule has 0 radical (unpaired) electrons. The number of carbonyl (C=O) groups excluding carboxylic acids is 3. The molecule has 1 unspecified atom stereocenters. The molecule has 0 aromatic heterocycles. The second kappa shape index (κ2) is 5.52. The van der Waals surface area contributed by atoms with Crippen LogP contribution in [0, 0.1) is 11.8 Å². The molecule has 0 aromatic carbocycles. The van der Waals surface area contributed by atoms with Crippen LogP contribution in [0.15, 0.2) is 0 Å². The third kappa shape index (κ3) is 3.68. The number of hydrogen-bond donors (Lipinski definition) is 0. The SMILES string of the molecule is COC(=O)C(CC(C)=O)C(=O)C(C)C. The van der Waals surface area contributed by atoms with Gasteiger partial charge in [-0.25, -0.2) is 0 Å². The average molecular weight is 200 g/mol. The molecule has 0 bridgehead atoms. The molecule has 0 heterocycles. The van der Waals surface area contributed by atoms with E-state index < -0.39 is 11.9 Å². The molecule has 1 atom stereocenters. The summed E-state index contributed by atoms with van der Waals surface area (Å²) in [6.07, 6.45) is -0.0658. The molecule has 14 heavy (non-hydrogen) atoms. The fraction of sp³-hybridized carbons (Fsp3) is 0.700. The highest BCUT2D eigenvalue weighted by Gasteiger charge is 2.30. The van der Waals surface area contributed by atoms with Crippen LogP contribution < -0.4 is 0 Å². The van der Waals surface area contributed by atoms with Gasteiger partial charge in [-0.3, -0.25) is 14.4 Å². The highest BCUT2D eigenvalue weighted by Crippen LogP contribution is 2.13. The van der Waals surface area contributed by atoms with Gasteiger partial charge >= 0.3 is 5.97 Å². The van der Waals surface area contributed by atoms with Gasteiger partial charge in [0.1, 0.15) is 17.5 Å². The molecule has 4 nitrogen and oxygen atoms in total. The molecule has 4 heteroatoms. The van der Waals surface area contributed by atoms with Gasteiger partial charge in [-0.15, -0.1) is 0 Å². The minimum absolute atomic E-state index is 0.0658. The molecule has 0 saturated heterocycles. The van der Waals surface area contributed by atoms with Crippen molar-refractivity contribution in [3.05, 3.63) is 0 Å². The summed E-state index contributed by atoms with van der Waals surface area (Å²) in [6.45, 7) is 4.74. The summed E-state index contributed by atoms with van der Waals surface area (Å²) in [5.41, 5.74) is 0. The number of methoxy groups -OCH3 is 1. The maximum absolute atomic E-state index is 11.5. The highest BCUT2D eigenvalue weighted by molar-refractivity contribution is 6.02. The minimum atomic E-state index is -0.933. The summed E-state index contributed by atoms with van der Waals surface area (Å²) >= 11 is 0. The van der Waals surface area contributed by atoms with Crippen LogP contribution in [0.25, 0.3) is 0 Å². The largest absolute Gasteiger partial charge is 0.468 e. The lowest BCUT2D eigenvalue weighted by molar-refractivity contribution is -0.152. The fourth-order valence-corrected chi connectivity index (χ4v) is 1.13. The van der Waals surface area contributed by atoms with E-state index in [0.717, 1.165) is 0 Å². The van der Waals surface area contributed by atoms with Gasteiger partial charge in [-0.2, -0.15) is 0 Å². The van der Waals surface area contributed by atoms with Crippen LogP contribution in [-0.2, 0) is 19.1 Å². The zero-order chi connectivity index (χ0) is 11.3. The first-order valence-corrected chi connectivity index (χ1v) is 4.51. The molecule has 0 aromatic rings. The lowest BCUT2D eigenvalue weighted by Crippen LogP contribution is -2.30. The molecule has 0 spiro atoms. The van der Waals surface area contributed by atoms with E-state index in [1.165, 1.54) is 14.0 Å². The maximum Gasteiger partial charge on any atom is 0.316 e. The lowest BCUT2D eigenvalue weighted by atomic mass is 9.91. The van der Waals surface area contributed by atoms with E-state index in [-0.39, 0.29) is 23.9 Å². The van der Waals surface area contributed by atoms with Gasteiger partial charge in [0.2, 0.25) is 0 Å². The van der Waals surface area contributed by atoms with E-state index in [4.69, 9.17) is 0 Å². The summed E-state index contributed by atoms with van der Waals surface area (Å²) in [6, 6.07) is 0. The Balaban J connectivity index is 4.63. The molecule has 0 amide bonds. The molecule has 0 saturated carbocycles. The predicted molar refractivity (Wildman–Crippen MR) is 50.6 cm³/mol. The monoisotopic (exact) mass is 200 g/mol. The summed E-state index contributed by atoms with van der Waals surface area (Å²) < 4.78 is 4.47. The van der Waals surface area contributed by atoms with E-state index in [9.17, 15) is 14.4 Å². The molecule has 80 valence electrons. The van der Waals surface area contributed by atoms with Gasteiger partial charge in [0.05, 0.1) is 7.11 Å². The first kappa shape index (κ1) is 12.8. The lowest BCUT2D eigenvalue weighted by Gasteiger charge is -2.13. The molecule has 0 aliphatic carbocycles. The van der Waals surface area contributed by atoms with Crippen LogP contribution in [0.2, 0.25) is 0 Å². The Morgan fingerprint density at radius 1 is 1.21 bits per heavy atom. The number of esters is 1. The van der Waals surface area contributed by atoms with Crippen molar-refractivity contribution in [2.75, 3.05) is 7.11 Å². The maximum atomic E-state index is 11.5. The Bertz CT molecular complexity index is 243. The summed E-state index contributed by atoms with van der Waals surface area (Å²) in [4.78, 5) is 33.6. The van der Waals surface area contributed by atoms with Crippen molar-refractivity contribution >= 4 is 17.5 Å². The first-order chi connectivity index (χ1) is 6.40. The van der Waals surface area contributed by atoms with Crippen molar-refractivity contribution in [3.63, 3.8) is 0 Å². The molecular formula is C10H16O4. The summed E-state index contributed by atoms with van der Waals surface area (Å²) in [5, 5.41) is 0. The van der Waals surface area contributed by atoms with Crippen molar-refractivity contribution < 1.29 is 19.1 Å². The molecule has 0 aliphatic rings. The van der Waals surface area contributed by atoms with Gasteiger partial charge < -0.3 is 4.74 Å². The summed E-state index contributed by atoms with van der Waals surface area (Å²) in [7, 11) is 1.21. The minimum Gasteiger partial charge on any atom is -0.468 e. The third-order valence-corrected chi connectivity index (χ3v) is 1.89. The van der Waals surface area contributed by atoms with E-state index in [1.54, 1.807) is 13.8 Å².